The highest BCUT2D eigenvalue weighted by Crippen LogP contribution is 2.41. The maximum absolute atomic E-state index is 12.4. The molecular weight excluding hydrogens is 392 g/mol. The van der Waals surface area contributed by atoms with Crippen LogP contribution in [0.5, 0.6) is 0 Å². The van der Waals surface area contributed by atoms with Crippen LogP contribution in [0.1, 0.15) is 17.3 Å². The molecule has 0 amide bonds. The molecule has 0 spiro atoms. The fourth-order valence-electron chi connectivity index (χ4n) is 3.92. The highest BCUT2D eigenvalue weighted by Gasteiger charge is 2.41. The van der Waals surface area contributed by atoms with Gasteiger partial charge in [-0.2, -0.15) is 0 Å². The van der Waals surface area contributed by atoms with Gasteiger partial charge in [0.2, 0.25) is 0 Å². The van der Waals surface area contributed by atoms with Crippen molar-refractivity contribution in [3.05, 3.63) is 107 Å². The molecule has 0 fully saturated rings. The second kappa shape index (κ2) is 8.36. The first-order chi connectivity index (χ1) is 15.0. The van der Waals surface area contributed by atoms with Gasteiger partial charge in [0.05, 0.1) is 12.1 Å². The Bertz CT molecular complexity index is 1130. The van der Waals surface area contributed by atoms with E-state index in [0.717, 1.165) is 16.8 Å². The minimum absolute atomic E-state index is 0.0388. The van der Waals surface area contributed by atoms with Gasteiger partial charge in [-0.1, -0.05) is 66.2 Å². The van der Waals surface area contributed by atoms with Crippen molar-refractivity contribution in [2.45, 2.75) is 13.1 Å². The van der Waals surface area contributed by atoms with E-state index in [4.69, 9.17) is 0 Å². The third kappa shape index (κ3) is 3.88. The molecule has 4 rings (SSSR count). The third-order valence-electron chi connectivity index (χ3n) is 5.35. The monoisotopic (exact) mass is 414 g/mol. The van der Waals surface area contributed by atoms with Gasteiger partial charge in [0.25, 0.3) is 0 Å². The molecule has 1 unspecified atom stereocenters. The smallest absolute Gasteiger partial charge is 0.353 e. The van der Waals surface area contributed by atoms with E-state index >= 15 is 0 Å². The number of aliphatic carboxylic acids is 2. The number of carboxylic acids is 2. The number of aryl methyl sites for hydroxylation is 1. The number of benzene rings is 3. The molecule has 3 aromatic rings. The summed E-state index contributed by atoms with van der Waals surface area (Å²) in [6.07, 6.45) is -0.541. The van der Waals surface area contributed by atoms with Crippen molar-refractivity contribution < 1.29 is 19.8 Å². The molecule has 0 aromatic heterocycles. The predicted molar refractivity (Wildman–Crippen MR) is 119 cm³/mol. The van der Waals surface area contributed by atoms with Crippen LogP contribution >= 0.6 is 0 Å². The van der Waals surface area contributed by atoms with Crippen molar-refractivity contribution in [1.29, 1.82) is 0 Å². The fraction of sp³-hybridized carbons (Fsp3) is 0.120. The van der Waals surface area contributed by atoms with E-state index in [9.17, 15) is 19.8 Å². The van der Waals surface area contributed by atoms with Crippen LogP contribution in [-0.4, -0.2) is 28.7 Å². The molecule has 1 aliphatic rings. The second-order valence-corrected chi connectivity index (χ2v) is 7.39. The molecule has 6 heteroatoms. The summed E-state index contributed by atoms with van der Waals surface area (Å²) >= 11 is 0. The van der Waals surface area contributed by atoms with Crippen LogP contribution in [0.3, 0.4) is 0 Å². The van der Waals surface area contributed by atoms with Gasteiger partial charge < -0.3 is 20.0 Å². The van der Waals surface area contributed by atoms with Crippen molar-refractivity contribution in [2.24, 2.45) is 0 Å². The Kier molecular flexibility index (Phi) is 5.45. The van der Waals surface area contributed by atoms with Crippen molar-refractivity contribution in [3.8, 4) is 0 Å². The normalized spacial score (nSPS) is 16.4. The largest absolute Gasteiger partial charge is 0.478 e. The molecular formula is C25H22N2O4. The summed E-state index contributed by atoms with van der Waals surface area (Å²) in [5.41, 5.74) is 2.90. The SMILES string of the molecule is Cc1ccc(N2C(C(=O)O)=C(C(=O)O)CN(c3ccccc3)C2c2ccccc2)cc1. The number of para-hydroxylation sites is 1. The molecule has 156 valence electrons. The maximum Gasteiger partial charge on any atom is 0.353 e. The Balaban J connectivity index is 2.02. The summed E-state index contributed by atoms with van der Waals surface area (Å²) in [6.45, 7) is 1.91. The average molecular weight is 414 g/mol. The Morgan fingerprint density at radius 2 is 1.35 bits per heavy atom. The summed E-state index contributed by atoms with van der Waals surface area (Å²) < 4.78 is 0. The molecule has 0 aliphatic carbocycles. The Hall–Kier alpha value is -4.06. The van der Waals surface area contributed by atoms with Crippen molar-refractivity contribution in [2.75, 3.05) is 16.3 Å². The fourth-order valence-corrected chi connectivity index (χ4v) is 3.92. The van der Waals surface area contributed by atoms with Gasteiger partial charge in [0.15, 0.2) is 0 Å². The lowest BCUT2D eigenvalue weighted by Crippen LogP contribution is -2.50. The average Bonchev–Trinajstić information content (AvgIpc) is 2.79. The summed E-state index contributed by atoms with van der Waals surface area (Å²) in [5, 5.41) is 20.0. The van der Waals surface area contributed by atoms with Crippen molar-refractivity contribution >= 4 is 23.3 Å². The Morgan fingerprint density at radius 1 is 0.774 bits per heavy atom. The highest BCUT2D eigenvalue weighted by atomic mass is 16.4. The van der Waals surface area contributed by atoms with Gasteiger partial charge in [0, 0.05) is 11.4 Å². The third-order valence-corrected chi connectivity index (χ3v) is 5.35. The van der Waals surface area contributed by atoms with Crippen LogP contribution in [0, 0.1) is 6.92 Å². The first kappa shape index (κ1) is 20.2. The molecule has 0 bridgehead atoms. The van der Waals surface area contributed by atoms with Crippen LogP contribution in [0.15, 0.2) is 96.2 Å². The predicted octanol–water partition coefficient (Wildman–Crippen LogP) is 4.44. The van der Waals surface area contributed by atoms with E-state index in [1.54, 1.807) is 4.90 Å². The molecule has 1 atom stereocenters. The van der Waals surface area contributed by atoms with Crippen molar-refractivity contribution in [3.63, 3.8) is 0 Å². The number of carboxylic acid groups (broad SMARTS) is 2. The standard InChI is InChI=1S/C25H22N2O4/c1-17-12-14-20(15-13-17)27-22(25(30)31)21(24(28)29)16-26(19-10-6-3-7-11-19)23(27)18-8-4-2-5-9-18/h2-15,23H,16H2,1H3,(H,28,29)(H,30,31). The van der Waals surface area contributed by atoms with Crippen LogP contribution in [0.2, 0.25) is 0 Å². The minimum Gasteiger partial charge on any atom is -0.478 e. The van der Waals surface area contributed by atoms with Gasteiger partial charge in [-0.3, -0.25) is 0 Å². The first-order valence-electron chi connectivity index (χ1n) is 9.89. The summed E-state index contributed by atoms with van der Waals surface area (Å²) in [5.74, 6) is -2.52. The lowest BCUT2D eigenvalue weighted by Gasteiger charge is -2.46. The maximum atomic E-state index is 12.4. The quantitative estimate of drug-likeness (QED) is 0.642. The summed E-state index contributed by atoms with van der Waals surface area (Å²) in [4.78, 5) is 28.0. The van der Waals surface area contributed by atoms with Crippen LogP contribution in [0.25, 0.3) is 0 Å². The van der Waals surface area contributed by atoms with E-state index in [2.05, 4.69) is 0 Å². The van der Waals surface area contributed by atoms with Gasteiger partial charge in [-0.15, -0.1) is 0 Å². The lowest BCUT2D eigenvalue weighted by atomic mass is 9.99. The number of nitrogens with zero attached hydrogens (tertiary/aromatic N) is 2. The van der Waals surface area contributed by atoms with E-state index in [0.29, 0.717) is 5.69 Å². The van der Waals surface area contributed by atoms with E-state index in [-0.39, 0.29) is 17.8 Å². The molecule has 0 saturated heterocycles. The molecule has 3 aromatic carbocycles. The molecule has 1 aliphatic heterocycles. The summed E-state index contributed by atoms with van der Waals surface area (Å²) in [6, 6.07) is 26.4. The summed E-state index contributed by atoms with van der Waals surface area (Å²) in [7, 11) is 0. The van der Waals surface area contributed by atoms with Gasteiger partial charge in [-0.25, -0.2) is 9.59 Å². The Labute approximate surface area is 180 Å². The molecule has 31 heavy (non-hydrogen) atoms. The van der Waals surface area contributed by atoms with E-state index < -0.39 is 18.1 Å². The van der Waals surface area contributed by atoms with Crippen LogP contribution in [0.4, 0.5) is 11.4 Å². The second-order valence-electron chi connectivity index (χ2n) is 7.39. The lowest BCUT2D eigenvalue weighted by molar-refractivity contribution is -0.136. The number of carbonyl (C=O) groups is 2. The zero-order chi connectivity index (χ0) is 22.0. The van der Waals surface area contributed by atoms with Gasteiger partial charge >= 0.3 is 11.9 Å². The zero-order valence-corrected chi connectivity index (χ0v) is 17.0. The van der Waals surface area contributed by atoms with E-state index in [1.807, 2.05) is 96.8 Å². The number of hydrogen-bond acceptors (Lipinski definition) is 4. The molecule has 6 nitrogen and oxygen atoms in total. The molecule has 2 N–H and O–H groups in total. The van der Waals surface area contributed by atoms with Crippen LogP contribution < -0.4 is 9.80 Å². The van der Waals surface area contributed by atoms with Crippen molar-refractivity contribution in [1.82, 2.24) is 0 Å². The Morgan fingerprint density at radius 3 is 1.90 bits per heavy atom. The molecule has 0 radical (unpaired) electrons. The minimum atomic E-state index is -1.27. The number of hydrogen-bond donors (Lipinski definition) is 2. The van der Waals surface area contributed by atoms with Gasteiger partial charge in [-0.05, 0) is 36.8 Å². The molecule has 0 saturated carbocycles. The van der Waals surface area contributed by atoms with E-state index in [1.165, 1.54) is 0 Å². The zero-order valence-electron chi connectivity index (χ0n) is 17.0. The first-order valence-corrected chi connectivity index (χ1v) is 9.89. The number of anilines is 2. The van der Waals surface area contributed by atoms with Crippen LogP contribution in [-0.2, 0) is 9.59 Å². The topological polar surface area (TPSA) is 81.1 Å². The van der Waals surface area contributed by atoms with Gasteiger partial charge in [0.1, 0.15) is 11.9 Å². The highest BCUT2D eigenvalue weighted by molar-refractivity contribution is 6.03. The molecule has 1 heterocycles. The number of rotatable bonds is 5.